The second kappa shape index (κ2) is 16.4. The van der Waals surface area contributed by atoms with Gasteiger partial charge in [0.25, 0.3) is 0 Å². The van der Waals surface area contributed by atoms with Gasteiger partial charge in [0.2, 0.25) is 0 Å². The summed E-state index contributed by atoms with van der Waals surface area (Å²) in [6, 6.07) is 21.4. The van der Waals surface area contributed by atoms with Crippen LogP contribution in [-0.2, 0) is 31.3 Å². The van der Waals surface area contributed by atoms with Crippen molar-refractivity contribution in [2.45, 2.75) is 93.7 Å². The summed E-state index contributed by atoms with van der Waals surface area (Å²) < 4.78 is 41.1. The number of hydrogen-bond acceptors (Lipinski definition) is 4. The van der Waals surface area contributed by atoms with Gasteiger partial charge in [0.05, 0.1) is 16.7 Å². The van der Waals surface area contributed by atoms with Crippen molar-refractivity contribution < 1.29 is 43.2 Å². The number of hydrogen-bond donors (Lipinski definition) is 1. The van der Waals surface area contributed by atoms with E-state index in [4.69, 9.17) is 4.98 Å². The molecule has 4 aromatic carbocycles. The first-order valence-electron chi connectivity index (χ1n) is 18.0. The maximum atomic E-state index is 13.7. The van der Waals surface area contributed by atoms with Crippen LogP contribution < -0.4 is 0 Å². The zero-order valence-electron chi connectivity index (χ0n) is 31.3. The molecule has 0 unspecified atom stereocenters. The van der Waals surface area contributed by atoms with Crippen molar-refractivity contribution >= 4 is 49.0 Å². The molecule has 2 aromatic heterocycles. The standard InChI is InChI=1S/C31H24F3N2.C13H24O2.Ir/c1-17-11-18(2)13-19(12-17)29-23-9-5-7-21-24-14-20(15-30(3,4)31(32,33)34)36-26-10-6-8-22(28(24)26)25(16-35-29)27(21)23;1-5-10(6-2)12(14)9-13(15)11(7-3)8-4;/h5-12,14,16H,15H2,1-4H3;9-11,14H,5-8H2,1-4H3;/q-1;;/b;12-9-;. The van der Waals surface area contributed by atoms with Crippen LogP contribution >= 0.6 is 0 Å². The van der Waals surface area contributed by atoms with E-state index in [1.165, 1.54) is 19.9 Å². The molecular formula is C44H48F3IrN2O2-. The summed E-state index contributed by atoms with van der Waals surface area (Å²) >= 11 is 0. The Bertz CT molecular complexity index is 2200. The van der Waals surface area contributed by atoms with Gasteiger partial charge in [0.15, 0.2) is 5.78 Å². The Morgan fingerprint density at radius 1 is 0.827 bits per heavy atom. The van der Waals surface area contributed by atoms with Gasteiger partial charge in [-0.3, -0.25) is 9.78 Å². The molecule has 0 aliphatic rings. The van der Waals surface area contributed by atoms with Crippen molar-refractivity contribution in [1.82, 2.24) is 9.97 Å². The first-order valence-corrected chi connectivity index (χ1v) is 18.0. The van der Waals surface area contributed by atoms with E-state index in [1.807, 2.05) is 77.2 Å². The van der Waals surface area contributed by atoms with Gasteiger partial charge in [0, 0.05) is 67.1 Å². The first-order chi connectivity index (χ1) is 24.1. The van der Waals surface area contributed by atoms with E-state index in [-0.39, 0.29) is 49.9 Å². The predicted octanol–water partition coefficient (Wildman–Crippen LogP) is 12.6. The summed E-state index contributed by atoms with van der Waals surface area (Å²) in [7, 11) is 0. The molecule has 0 atom stereocenters. The Labute approximate surface area is 318 Å². The van der Waals surface area contributed by atoms with Crippen LogP contribution in [0, 0.1) is 37.2 Å². The molecule has 52 heavy (non-hydrogen) atoms. The second-order valence-corrected chi connectivity index (χ2v) is 14.4. The van der Waals surface area contributed by atoms with E-state index >= 15 is 0 Å². The van der Waals surface area contributed by atoms with Gasteiger partial charge in [-0.25, -0.2) is 0 Å². The predicted molar refractivity (Wildman–Crippen MR) is 204 cm³/mol. The molecule has 1 N–H and O–H groups in total. The summed E-state index contributed by atoms with van der Waals surface area (Å²) in [5.41, 5.74) is 3.23. The number of allylic oxidation sites excluding steroid dienone is 2. The van der Waals surface area contributed by atoms with Crippen molar-refractivity contribution in [3.8, 4) is 11.3 Å². The van der Waals surface area contributed by atoms with E-state index in [2.05, 4.69) is 36.2 Å². The number of aliphatic hydroxyl groups is 1. The third-order valence-electron chi connectivity index (χ3n) is 10.3. The molecule has 0 saturated carbocycles. The summed E-state index contributed by atoms with van der Waals surface area (Å²) in [6.07, 6.45) is 2.30. The Morgan fingerprint density at radius 3 is 2.02 bits per heavy atom. The molecule has 0 aliphatic carbocycles. The van der Waals surface area contributed by atoms with Crippen LogP contribution in [0.15, 0.2) is 72.6 Å². The van der Waals surface area contributed by atoms with Gasteiger partial charge < -0.3 is 10.1 Å². The smallest absolute Gasteiger partial charge is 0.394 e. The van der Waals surface area contributed by atoms with E-state index in [1.54, 1.807) is 0 Å². The average Bonchev–Trinajstić information content (AvgIpc) is 3.07. The van der Waals surface area contributed by atoms with Crippen LogP contribution in [0.1, 0.15) is 84.0 Å². The Morgan fingerprint density at radius 2 is 1.42 bits per heavy atom. The van der Waals surface area contributed by atoms with Crippen molar-refractivity contribution in [2.24, 2.45) is 17.3 Å². The van der Waals surface area contributed by atoms with Crippen LogP contribution in [0.4, 0.5) is 13.2 Å². The number of nitrogens with zero attached hydrogens (tertiary/aromatic N) is 2. The number of alkyl halides is 3. The Hall–Kier alpha value is -3.87. The number of fused-ring (bicyclic) bond motifs is 2. The first kappa shape index (κ1) is 40.9. The van der Waals surface area contributed by atoms with Gasteiger partial charge in [-0.15, -0.1) is 34.9 Å². The third-order valence-corrected chi connectivity index (χ3v) is 10.3. The molecule has 0 spiro atoms. The summed E-state index contributed by atoms with van der Waals surface area (Å²) in [5.74, 6) is 0.547. The molecule has 0 amide bonds. The fourth-order valence-electron chi connectivity index (χ4n) is 7.17. The van der Waals surface area contributed by atoms with Crippen LogP contribution in [0.25, 0.3) is 54.5 Å². The van der Waals surface area contributed by atoms with Crippen LogP contribution in [-0.4, -0.2) is 27.0 Å². The minimum Gasteiger partial charge on any atom is -0.512 e. The van der Waals surface area contributed by atoms with Gasteiger partial charge in [-0.2, -0.15) is 13.2 Å². The summed E-state index contributed by atoms with van der Waals surface area (Å²) in [4.78, 5) is 21.3. The number of halogens is 3. The molecule has 0 bridgehead atoms. The molecule has 4 nitrogen and oxygen atoms in total. The Kier molecular flexibility index (Phi) is 12.9. The topological polar surface area (TPSA) is 63.1 Å². The molecule has 0 saturated heterocycles. The third kappa shape index (κ3) is 8.19. The number of rotatable bonds is 10. The van der Waals surface area contributed by atoms with Gasteiger partial charge >= 0.3 is 6.18 Å². The number of benzene rings is 4. The molecular weight excluding hydrogens is 838 g/mol. The zero-order valence-corrected chi connectivity index (χ0v) is 33.7. The molecule has 1 radical (unpaired) electrons. The average molecular weight is 886 g/mol. The number of ketones is 1. The molecule has 6 rings (SSSR count). The zero-order chi connectivity index (χ0) is 37.2. The number of pyridine rings is 2. The van der Waals surface area contributed by atoms with Gasteiger partial charge in [-0.05, 0) is 70.4 Å². The van der Waals surface area contributed by atoms with E-state index in [0.717, 1.165) is 85.8 Å². The minimum absolute atomic E-state index is 0. The van der Waals surface area contributed by atoms with Gasteiger partial charge in [-0.1, -0.05) is 85.7 Å². The van der Waals surface area contributed by atoms with E-state index < -0.39 is 11.6 Å². The second-order valence-electron chi connectivity index (χ2n) is 14.4. The number of carbonyl (C=O) groups excluding carboxylic acids is 1. The maximum absolute atomic E-state index is 13.7. The normalized spacial score (nSPS) is 12.6. The molecule has 277 valence electrons. The number of aliphatic hydroxyl groups excluding tert-OH is 1. The maximum Gasteiger partial charge on any atom is 0.394 e. The van der Waals surface area contributed by atoms with Crippen LogP contribution in [0.5, 0.6) is 0 Å². The molecule has 8 heteroatoms. The van der Waals surface area contributed by atoms with Crippen molar-refractivity contribution in [3.63, 3.8) is 0 Å². The molecule has 2 heterocycles. The number of carbonyl (C=O) groups is 1. The minimum atomic E-state index is -4.32. The number of aromatic nitrogens is 2. The van der Waals surface area contributed by atoms with Crippen molar-refractivity contribution in [2.75, 3.05) is 0 Å². The molecule has 0 aliphatic heterocycles. The fraction of sp³-hybridized carbons (Fsp3) is 0.386. The van der Waals surface area contributed by atoms with E-state index in [9.17, 15) is 23.1 Å². The quantitative estimate of drug-likeness (QED) is 0.0489. The summed E-state index contributed by atoms with van der Waals surface area (Å²) in [5, 5.41) is 16.7. The van der Waals surface area contributed by atoms with Crippen LogP contribution in [0.2, 0.25) is 0 Å². The van der Waals surface area contributed by atoms with Crippen molar-refractivity contribution in [1.29, 1.82) is 0 Å². The molecule has 0 fully saturated rings. The SMILES string of the molecule is CCC(CC)C(=O)/C=C(\O)C(CC)CC.Cc1[c-]c(-c2ncc3c4cccc5nc(CC(C)(C)C(F)(F)F)cc(c6cccc2c63)c54)cc(C)c1.[Ir]. The monoisotopic (exact) mass is 886 g/mol. The number of aryl methyl sites for hydroxylation is 2. The van der Waals surface area contributed by atoms with Crippen molar-refractivity contribution in [3.05, 3.63) is 95.5 Å². The largest absolute Gasteiger partial charge is 0.512 e. The Balaban J connectivity index is 0.000000323. The van der Waals surface area contributed by atoms with E-state index in [0.29, 0.717) is 11.2 Å². The van der Waals surface area contributed by atoms with Gasteiger partial charge in [0.1, 0.15) is 0 Å². The fourth-order valence-corrected chi connectivity index (χ4v) is 7.17. The van der Waals surface area contributed by atoms with Crippen LogP contribution in [0.3, 0.4) is 0 Å². The molecule has 6 aromatic rings. The summed E-state index contributed by atoms with van der Waals surface area (Å²) in [6.45, 7) is 14.6.